The standard InChI is InChI=1S/C24H19N5O3/c1-31-20-12-11-17(14-25-20)23-28-29-24(32-23)27-22-19(30)13-16-9-5-6-10-18(16)21(26-22)15-7-3-2-4-8-15/h2-12,14,22H,13H2,1H3,(H,27,29). The Labute approximate surface area is 184 Å². The van der Waals surface area contributed by atoms with Gasteiger partial charge in [-0.1, -0.05) is 59.7 Å². The van der Waals surface area contributed by atoms with Crippen LogP contribution in [0.1, 0.15) is 16.7 Å². The zero-order valence-corrected chi connectivity index (χ0v) is 17.2. The van der Waals surface area contributed by atoms with E-state index in [1.165, 1.54) is 0 Å². The summed E-state index contributed by atoms with van der Waals surface area (Å²) in [7, 11) is 1.54. The van der Waals surface area contributed by atoms with E-state index in [2.05, 4.69) is 20.5 Å². The van der Waals surface area contributed by atoms with E-state index in [-0.39, 0.29) is 24.1 Å². The van der Waals surface area contributed by atoms with E-state index in [0.29, 0.717) is 11.4 Å². The summed E-state index contributed by atoms with van der Waals surface area (Å²) in [5.74, 6) is 0.673. The van der Waals surface area contributed by atoms with E-state index in [1.54, 1.807) is 25.4 Å². The minimum atomic E-state index is -0.861. The van der Waals surface area contributed by atoms with E-state index in [1.807, 2.05) is 54.6 Å². The van der Waals surface area contributed by atoms with Crippen molar-refractivity contribution < 1.29 is 13.9 Å². The van der Waals surface area contributed by atoms with Crippen LogP contribution in [0.15, 0.2) is 82.3 Å². The highest BCUT2D eigenvalue weighted by atomic mass is 16.5. The van der Waals surface area contributed by atoms with E-state index in [0.717, 1.165) is 22.4 Å². The van der Waals surface area contributed by atoms with Crippen LogP contribution in [0, 0.1) is 0 Å². The van der Waals surface area contributed by atoms with Crippen LogP contribution in [0.25, 0.3) is 11.5 Å². The predicted octanol–water partition coefficient (Wildman–Crippen LogP) is 3.54. The van der Waals surface area contributed by atoms with Gasteiger partial charge < -0.3 is 14.5 Å². The van der Waals surface area contributed by atoms with Gasteiger partial charge in [-0.25, -0.2) is 4.98 Å². The maximum absolute atomic E-state index is 13.0. The smallest absolute Gasteiger partial charge is 0.317 e. The van der Waals surface area contributed by atoms with Crippen LogP contribution in [0.2, 0.25) is 0 Å². The molecule has 1 atom stereocenters. The molecule has 158 valence electrons. The number of hydrogen-bond acceptors (Lipinski definition) is 8. The second kappa shape index (κ2) is 8.43. The van der Waals surface area contributed by atoms with Gasteiger partial charge in [0.05, 0.1) is 18.4 Å². The number of ketones is 1. The fraction of sp³-hybridized carbons (Fsp3) is 0.125. The molecule has 4 aromatic rings. The van der Waals surface area contributed by atoms with Gasteiger partial charge in [0.25, 0.3) is 5.89 Å². The first-order chi connectivity index (χ1) is 15.7. The van der Waals surface area contributed by atoms with E-state index in [9.17, 15) is 4.79 Å². The number of rotatable bonds is 5. The molecule has 1 unspecified atom stereocenters. The average Bonchev–Trinajstić information content (AvgIpc) is 3.26. The Balaban J connectivity index is 1.47. The summed E-state index contributed by atoms with van der Waals surface area (Å²) in [6, 6.07) is 21.2. The topological polar surface area (TPSA) is 102 Å². The summed E-state index contributed by atoms with van der Waals surface area (Å²) in [6.45, 7) is 0. The number of carbonyl (C=O) groups excluding carboxylic acids is 1. The number of hydrogen-bond donors (Lipinski definition) is 1. The first-order valence-electron chi connectivity index (χ1n) is 10.1. The van der Waals surface area contributed by atoms with Gasteiger partial charge in [0.2, 0.25) is 5.88 Å². The summed E-state index contributed by atoms with van der Waals surface area (Å²) in [5, 5.41) is 11.1. The van der Waals surface area contributed by atoms with Crippen molar-refractivity contribution in [3.05, 3.63) is 89.6 Å². The maximum Gasteiger partial charge on any atom is 0.317 e. The van der Waals surface area contributed by atoms with Gasteiger partial charge in [-0.3, -0.25) is 9.79 Å². The number of benzene rings is 2. The molecular weight excluding hydrogens is 406 g/mol. The number of nitrogens with one attached hydrogen (secondary N) is 1. The summed E-state index contributed by atoms with van der Waals surface area (Å²) in [4.78, 5) is 21.9. The number of aliphatic imine (C=N–C) groups is 1. The highest BCUT2D eigenvalue weighted by Crippen LogP contribution is 2.24. The Morgan fingerprint density at radius 3 is 2.56 bits per heavy atom. The van der Waals surface area contributed by atoms with Crippen molar-refractivity contribution in [2.24, 2.45) is 4.99 Å². The summed E-state index contributed by atoms with van der Waals surface area (Å²) < 4.78 is 10.8. The van der Waals surface area contributed by atoms with Gasteiger partial charge in [-0.15, -0.1) is 5.10 Å². The lowest BCUT2D eigenvalue weighted by molar-refractivity contribution is -0.119. The molecule has 2 aromatic carbocycles. The molecule has 2 aromatic heterocycles. The van der Waals surface area contributed by atoms with Gasteiger partial charge in [0.1, 0.15) is 0 Å². The van der Waals surface area contributed by atoms with Crippen molar-refractivity contribution in [3.8, 4) is 17.3 Å². The molecule has 32 heavy (non-hydrogen) atoms. The van der Waals surface area contributed by atoms with Gasteiger partial charge in [-0.05, 0) is 11.6 Å². The Kier molecular flexibility index (Phi) is 5.17. The fourth-order valence-corrected chi connectivity index (χ4v) is 3.54. The normalized spacial score (nSPS) is 15.5. The summed E-state index contributed by atoms with van der Waals surface area (Å²) >= 11 is 0. The number of fused-ring (bicyclic) bond motifs is 1. The van der Waals surface area contributed by atoms with Crippen LogP contribution >= 0.6 is 0 Å². The first kappa shape index (κ1) is 19.6. The second-order valence-electron chi connectivity index (χ2n) is 7.19. The Hall–Kier alpha value is -4.33. The number of pyridine rings is 1. The molecule has 1 aliphatic heterocycles. The zero-order valence-electron chi connectivity index (χ0n) is 17.2. The molecule has 0 saturated heterocycles. The molecule has 8 heteroatoms. The van der Waals surface area contributed by atoms with Crippen molar-refractivity contribution >= 4 is 17.5 Å². The number of aromatic nitrogens is 3. The minimum Gasteiger partial charge on any atom is -0.481 e. The van der Waals surface area contributed by atoms with Crippen molar-refractivity contribution in [1.82, 2.24) is 15.2 Å². The molecule has 8 nitrogen and oxygen atoms in total. The highest BCUT2D eigenvalue weighted by Gasteiger charge is 2.27. The molecule has 0 saturated carbocycles. The van der Waals surface area contributed by atoms with Gasteiger partial charge in [-0.2, -0.15) is 0 Å². The third-order valence-electron chi connectivity index (χ3n) is 5.13. The number of ether oxygens (including phenoxy) is 1. The first-order valence-corrected chi connectivity index (χ1v) is 10.1. The van der Waals surface area contributed by atoms with Gasteiger partial charge in [0.15, 0.2) is 11.9 Å². The molecule has 0 fully saturated rings. The van der Waals surface area contributed by atoms with Crippen LogP contribution in [-0.2, 0) is 11.2 Å². The molecule has 0 aliphatic carbocycles. The molecule has 1 N–H and O–H groups in total. The molecular formula is C24H19N5O3. The summed E-state index contributed by atoms with van der Waals surface area (Å²) in [5.41, 5.74) is 4.17. The van der Waals surface area contributed by atoms with E-state index < -0.39 is 6.17 Å². The maximum atomic E-state index is 13.0. The van der Waals surface area contributed by atoms with Gasteiger partial charge >= 0.3 is 6.01 Å². The second-order valence-corrected chi connectivity index (χ2v) is 7.19. The number of anilines is 1. The third kappa shape index (κ3) is 3.85. The number of carbonyl (C=O) groups is 1. The number of methoxy groups -OCH3 is 1. The number of nitrogens with zero attached hydrogens (tertiary/aromatic N) is 4. The van der Waals surface area contributed by atoms with Crippen LogP contribution in [0.5, 0.6) is 5.88 Å². The SMILES string of the molecule is COc1ccc(-c2nnc(NC3N=C(c4ccccc4)c4ccccc4CC3=O)o2)cn1. The lowest BCUT2D eigenvalue weighted by Gasteiger charge is -2.11. The average molecular weight is 425 g/mol. The molecule has 0 bridgehead atoms. The van der Waals surface area contributed by atoms with Crippen molar-refractivity contribution in [2.45, 2.75) is 12.6 Å². The van der Waals surface area contributed by atoms with Crippen molar-refractivity contribution in [3.63, 3.8) is 0 Å². The summed E-state index contributed by atoms with van der Waals surface area (Å²) in [6.07, 6.45) is 0.964. The van der Waals surface area contributed by atoms with E-state index in [4.69, 9.17) is 14.1 Å². The fourth-order valence-electron chi connectivity index (χ4n) is 3.54. The Morgan fingerprint density at radius 1 is 0.969 bits per heavy atom. The van der Waals surface area contributed by atoms with Crippen LogP contribution in [0.4, 0.5) is 6.01 Å². The quantitative estimate of drug-likeness (QED) is 0.522. The molecule has 5 rings (SSSR count). The molecule has 0 spiro atoms. The van der Waals surface area contributed by atoms with Gasteiger partial charge in [0, 0.05) is 29.8 Å². The lowest BCUT2D eigenvalue weighted by Crippen LogP contribution is -2.29. The van der Waals surface area contributed by atoms with Crippen LogP contribution in [0.3, 0.4) is 0 Å². The molecule has 3 heterocycles. The monoisotopic (exact) mass is 425 g/mol. The third-order valence-corrected chi connectivity index (χ3v) is 5.13. The van der Waals surface area contributed by atoms with E-state index >= 15 is 0 Å². The zero-order chi connectivity index (χ0) is 21.9. The van der Waals surface area contributed by atoms with Crippen LogP contribution < -0.4 is 10.1 Å². The largest absolute Gasteiger partial charge is 0.481 e. The number of Topliss-reactive ketones (excluding diaryl/α,β-unsaturated/α-hetero) is 1. The molecule has 0 amide bonds. The van der Waals surface area contributed by atoms with Crippen molar-refractivity contribution in [2.75, 3.05) is 12.4 Å². The Morgan fingerprint density at radius 2 is 1.78 bits per heavy atom. The Bertz CT molecular complexity index is 1280. The minimum absolute atomic E-state index is 0.0887. The molecule has 1 aliphatic rings. The predicted molar refractivity (Wildman–Crippen MR) is 119 cm³/mol. The molecule has 0 radical (unpaired) electrons. The van der Waals surface area contributed by atoms with Crippen molar-refractivity contribution in [1.29, 1.82) is 0 Å². The van der Waals surface area contributed by atoms with Crippen LogP contribution in [-0.4, -0.2) is 40.0 Å². The highest BCUT2D eigenvalue weighted by molar-refractivity contribution is 6.16. The lowest BCUT2D eigenvalue weighted by atomic mass is 9.96.